The fourth-order valence-corrected chi connectivity index (χ4v) is 1.95. The van der Waals surface area contributed by atoms with Gasteiger partial charge < -0.3 is 5.32 Å². The molecule has 0 radical (unpaired) electrons. The third-order valence-corrected chi connectivity index (χ3v) is 2.82. The zero-order valence-corrected chi connectivity index (χ0v) is 10.5. The first-order chi connectivity index (χ1) is 6.90. The average Bonchev–Trinajstić information content (AvgIpc) is 2.15. The van der Waals surface area contributed by atoms with Crippen LogP contribution in [0.2, 0.25) is 0 Å². The summed E-state index contributed by atoms with van der Waals surface area (Å²) in [6, 6.07) is 0.0181. The molecule has 88 valence electrons. The van der Waals surface area contributed by atoms with E-state index in [1.807, 2.05) is 27.7 Å². The summed E-state index contributed by atoms with van der Waals surface area (Å²) in [7, 11) is 0. The molecule has 1 heterocycles. The zero-order valence-electron chi connectivity index (χ0n) is 10.5. The van der Waals surface area contributed by atoms with Crippen molar-refractivity contribution in [2.45, 2.75) is 58.5 Å². The van der Waals surface area contributed by atoms with Gasteiger partial charge in [0.05, 0.1) is 6.04 Å². The average molecular weight is 212 g/mol. The number of rotatable bonds is 2. The van der Waals surface area contributed by atoms with Gasteiger partial charge in [0.2, 0.25) is 5.91 Å². The molecule has 1 saturated heterocycles. The number of carbonyl (C=O) groups is 1. The van der Waals surface area contributed by atoms with E-state index in [1.165, 1.54) is 19.3 Å². The molecular formula is C12H24N2O. The number of likely N-dealkylation sites (tertiary alicyclic amines) is 1. The summed E-state index contributed by atoms with van der Waals surface area (Å²) in [6.07, 6.45) is 3.77. The SMILES string of the molecule is CC(C(=O)NC(C)(C)C)N1CCCCC1. The second kappa shape index (κ2) is 4.97. The number of carbonyl (C=O) groups excluding carboxylic acids is 1. The highest BCUT2D eigenvalue weighted by molar-refractivity contribution is 5.81. The molecule has 1 N–H and O–H groups in total. The molecule has 0 spiro atoms. The number of hydrogen-bond acceptors (Lipinski definition) is 2. The lowest BCUT2D eigenvalue weighted by atomic mass is 10.1. The fourth-order valence-electron chi connectivity index (χ4n) is 1.95. The molecule has 0 aromatic rings. The number of hydrogen-bond donors (Lipinski definition) is 1. The summed E-state index contributed by atoms with van der Waals surface area (Å²) in [5.41, 5.74) is -0.124. The van der Waals surface area contributed by atoms with Gasteiger partial charge in [-0.1, -0.05) is 6.42 Å². The molecule has 1 amide bonds. The Morgan fingerprint density at radius 3 is 2.20 bits per heavy atom. The maximum Gasteiger partial charge on any atom is 0.237 e. The minimum atomic E-state index is -0.124. The van der Waals surface area contributed by atoms with Gasteiger partial charge in [-0.25, -0.2) is 0 Å². The Morgan fingerprint density at radius 2 is 1.73 bits per heavy atom. The smallest absolute Gasteiger partial charge is 0.237 e. The molecule has 0 aromatic heterocycles. The first kappa shape index (κ1) is 12.5. The molecule has 0 aliphatic carbocycles. The van der Waals surface area contributed by atoms with Crippen LogP contribution in [0.15, 0.2) is 0 Å². The van der Waals surface area contributed by atoms with E-state index in [1.54, 1.807) is 0 Å². The van der Waals surface area contributed by atoms with Crippen LogP contribution in [-0.2, 0) is 4.79 Å². The summed E-state index contributed by atoms with van der Waals surface area (Å²) in [4.78, 5) is 14.2. The highest BCUT2D eigenvalue weighted by Gasteiger charge is 2.25. The van der Waals surface area contributed by atoms with Gasteiger partial charge in [-0.05, 0) is 53.6 Å². The van der Waals surface area contributed by atoms with E-state index in [-0.39, 0.29) is 17.5 Å². The molecule has 0 bridgehead atoms. The van der Waals surface area contributed by atoms with Gasteiger partial charge in [-0.2, -0.15) is 0 Å². The van der Waals surface area contributed by atoms with Crippen LogP contribution < -0.4 is 5.32 Å². The molecule has 1 fully saturated rings. The molecule has 3 heteroatoms. The molecule has 15 heavy (non-hydrogen) atoms. The topological polar surface area (TPSA) is 32.3 Å². The number of nitrogens with one attached hydrogen (secondary N) is 1. The van der Waals surface area contributed by atoms with Crippen molar-refractivity contribution in [1.29, 1.82) is 0 Å². The Kier molecular flexibility index (Phi) is 4.14. The van der Waals surface area contributed by atoms with Crippen LogP contribution in [0.3, 0.4) is 0 Å². The second-order valence-corrected chi connectivity index (χ2v) is 5.51. The van der Waals surface area contributed by atoms with Crippen molar-refractivity contribution in [2.24, 2.45) is 0 Å². The number of amides is 1. The van der Waals surface area contributed by atoms with Gasteiger partial charge in [0.25, 0.3) is 0 Å². The standard InChI is InChI=1S/C12H24N2O/c1-10(11(15)13-12(2,3)4)14-8-6-5-7-9-14/h10H,5-9H2,1-4H3,(H,13,15). The van der Waals surface area contributed by atoms with Crippen molar-refractivity contribution in [2.75, 3.05) is 13.1 Å². The van der Waals surface area contributed by atoms with Crippen LogP contribution in [0.4, 0.5) is 0 Å². The Bertz CT molecular complexity index is 214. The van der Waals surface area contributed by atoms with E-state index in [9.17, 15) is 4.79 Å². The largest absolute Gasteiger partial charge is 0.350 e. The number of nitrogens with zero attached hydrogens (tertiary/aromatic N) is 1. The normalized spacial score (nSPS) is 21.1. The van der Waals surface area contributed by atoms with E-state index in [0.29, 0.717) is 0 Å². The lowest BCUT2D eigenvalue weighted by Gasteiger charge is -2.33. The van der Waals surface area contributed by atoms with Crippen LogP contribution in [-0.4, -0.2) is 35.5 Å². The van der Waals surface area contributed by atoms with E-state index >= 15 is 0 Å². The summed E-state index contributed by atoms with van der Waals surface area (Å²) < 4.78 is 0. The summed E-state index contributed by atoms with van der Waals surface area (Å²) in [5.74, 6) is 0.157. The molecule has 0 aromatic carbocycles. The summed E-state index contributed by atoms with van der Waals surface area (Å²) >= 11 is 0. The van der Waals surface area contributed by atoms with Gasteiger partial charge in [-0.3, -0.25) is 9.69 Å². The predicted octanol–water partition coefficient (Wildman–Crippen LogP) is 1.78. The maximum atomic E-state index is 11.9. The number of piperidine rings is 1. The van der Waals surface area contributed by atoms with Crippen molar-refractivity contribution < 1.29 is 4.79 Å². The van der Waals surface area contributed by atoms with Crippen molar-refractivity contribution in [3.8, 4) is 0 Å². The van der Waals surface area contributed by atoms with Crippen LogP contribution in [0.5, 0.6) is 0 Å². The molecule has 1 aliphatic heterocycles. The highest BCUT2D eigenvalue weighted by Crippen LogP contribution is 2.12. The third-order valence-electron chi connectivity index (χ3n) is 2.82. The predicted molar refractivity (Wildman–Crippen MR) is 62.8 cm³/mol. The molecule has 1 atom stereocenters. The minimum Gasteiger partial charge on any atom is -0.350 e. The van der Waals surface area contributed by atoms with Gasteiger partial charge in [0.1, 0.15) is 0 Å². The van der Waals surface area contributed by atoms with Crippen LogP contribution >= 0.6 is 0 Å². The first-order valence-electron chi connectivity index (χ1n) is 5.96. The Balaban J connectivity index is 2.44. The molecule has 1 unspecified atom stereocenters. The third kappa shape index (κ3) is 4.20. The van der Waals surface area contributed by atoms with Gasteiger partial charge in [-0.15, -0.1) is 0 Å². The Labute approximate surface area is 93.2 Å². The van der Waals surface area contributed by atoms with E-state index < -0.39 is 0 Å². The highest BCUT2D eigenvalue weighted by atomic mass is 16.2. The zero-order chi connectivity index (χ0) is 11.5. The van der Waals surface area contributed by atoms with E-state index in [0.717, 1.165) is 13.1 Å². The second-order valence-electron chi connectivity index (χ2n) is 5.51. The van der Waals surface area contributed by atoms with Crippen LogP contribution in [0, 0.1) is 0 Å². The lowest BCUT2D eigenvalue weighted by molar-refractivity contribution is -0.127. The van der Waals surface area contributed by atoms with Crippen molar-refractivity contribution in [3.63, 3.8) is 0 Å². The molecule has 0 saturated carbocycles. The molecule has 3 nitrogen and oxygen atoms in total. The lowest BCUT2D eigenvalue weighted by Crippen LogP contribution is -2.52. The fraction of sp³-hybridized carbons (Fsp3) is 0.917. The quantitative estimate of drug-likeness (QED) is 0.756. The van der Waals surface area contributed by atoms with Gasteiger partial charge in [0.15, 0.2) is 0 Å². The monoisotopic (exact) mass is 212 g/mol. The molecule has 1 aliphatic rings. The van der Waals surface area contributed by atoms with E-state index in [4.69, 9.17) is 0 Å². The van der Waals surface area contributed by atoms with Crippen molar-refractivity contribution in [1.82, 2.24) is 10.2 Å². The minimum absolute atomic E-state index is 0.0181. The van der Waals surface area contributed by atoms with Crippen molar-refractivity contribution >= 4 is 5.91 Å². The van der Waals surface area contributed by atoms with E-state index in [2.05, 4.69) is 10.2 Å². The van der Waals surface area contributed by atoms with Gasteiger partial charge in [0, 0.05) is 5.54 Å². The van der Waals surface area contributed by atoms with Gasteiger partial charge >= 0.3 is 0 Å². The Morgan fingerprint density at radius 1 is 1.20 bits per heavy atom. The molecule has 1 rings (SSSR count). The maximum absolute atomic E-state index is 11.9. The Hall–Kier alpha value is -0.570. The van der Waals surface area contributed by atoms with Crippen molar-refractivity contribution in [3.05, 3.63) is 0 Å². The molecular weight excluding hydrogens is 188 g/mol. The first-order valence-corrected chi connectivity index (χ1v) is 5.96. The summed E-state index contributed by atoms with van der Waals surface area (Å²) in [5, 5.41) is 3.04. The van der Waals surface area contributed by atoms with Crippen LogP contribution in [0.1, 0.15) is 47.0 Å². The summed E-state index contributed by atoms with van der Waals surface area (Å²) in [6.45, 7) is 10.2. The van der Waals surface area contributed by atoms with Crippen LogP contribution in [0.25, 0.3) is 0 Å².